The van der Waals surface area contributed by atoms with E-state index in [4.69, 9.17) is 27.9 Å². The van der Waals surface area contributed by atoms with Crippen molar-refractivity contribution in [2.75, 3.05) is 6.54 Å². The van der Waals surface area contributed by atoms with E-state index in [2.05, 4.69) is 10.4 Å². The maximum atomic E-state index is 12.2. The van der Waals surface area contributed by atoms with E-state index < -0.39 is 0 Å². The molecule has 33 heavy (non-hydrogen) atoms. The summed E-state index contributed by atoms with van der Waals surface area (Å²) in [5, 5.41) is 8.55. The first-order valence-electron chi connectivity index (χ1n) is 10.6. The Labute approximate surface area is 202 Å². The van der Waals surface area contributed by atoms with Crippen LogP contribution in [-0.4, -0.2) is 22.2 Å². The number of nitrogens with one attached hydrogen (secondary N) is 1. The highest BCUT2D eigenvalue weighted by atomic mass is 35.5. The van der Waals surface area contributed by atoms with E-state index in [1.807, 2.05) is 44.3 Å². The van der Waals surface area contributed by atoms with E-state index in [1.54, 1.807) is 47.1 Å². The van der Waals surface area contributed by atoms with Crippen LogP contribution in [0.3, 0.4) is 0 Å². The summed E-state index contributed by atoms with van der Waals surface area (Å²) >= 11 is 12.4. The molecule has 1 aromatic heterocycles. The van der Waals surface area contributed by atoms with Gasteiger partial charge in [0.05, 0.1) is 11.3 Å². The van der Waals surface area contributed by atoms with E-state index in [0.717, 1.165) is 28.8 Å². The number of carbonyl (C=O) groups is 1. The first-order chi connectivity index (χ1) is 15.9. The fraction of sp³-hybridized carbons (Fsp3) is 0.154. The monoisotopic (exact) mass is 479 g/mol. The molecule has 0 spiro atoms. The predicted octanol–water partition coefficient (Wildman–Crippen LogP) is 7.09. The van der Waals surface area contributed by atoms with Gasteiger partial charge < -0.3 is 10.1 Å². The average molecular weight is 480 g/mol. The van der Waals surface area contributed by atoms with Crippen LogP contribution in [0.25, 0.3) is 16.8 Å². The third kappa shape index (κ3) is 5.56. The standard InChI is InChI=1S/C26H23Cl2N3O2/c1-3-12-29-25(32)19-8-10-23(11-9-19)33-26-24(18-6-4-17(2)5-7-18)16-31(30-26)22-14-20(27)13-21(28)15-22/h4-11,13-16H,3,12H2,1-2H3,(H,29,32). The normalized spacial score (nSPS) is 10.8. The van der Waals surface area contributed by atoms with Gasteiger partial charge in [-0.2, -0.15) is 0 Å². The van der Waals surface area contributed by atoms with Gasteiger partial charge in [-0.3, -0.25) is 4.79 Å². The molecule has 1 N–H and O–H groups in total. The maximum Gasteiger partial charge on any atom is 0.251 e. The van der Waals surface area contributed by atoms with Crippen molar-refractivity contribution in [1.29, 1.82) is 0 Å². The lowest BCUT2D eigenvalue weighted by Crippen LogP contribution is -2.23. The number of hydrogen-bond acceptors (Lipinski definition) is 3. The summed E-state index contributed by atoms with van der Waals surface area (Å²) in [6, 6.07) is 20.4. The Morgan fingerprint density at radius 3 is 2.30 bits per heavy atom. The second kappa shape index (κ2) is 10.1. The minimum absolute atomic E-state index is 0.106. The third-order valence-corrected chi connectivity index (χ3v) is 5.46. The molecule has 0 radical (unpaired) electrons. The van der Waals surface area contributed by atoms with Gasteiger partial charge in [0.2, 0.25) is 5.88 Å². The Morgan fingerprint density at radius 1 is 1.00 bits per heavy atom. The van der Waals surface area contributed by atoms with E-state index in [0.29, 0.717) is 33.8 Å². The molecular formula is C26H23Cl2N3O2. The number of nitrogens with zero attached hydrogens (tertiary/aromatic N) is 2. The highest BCUT2D eigenvalue weighted by Gasteiger charge is 2.16. The van der Waals surface area contributed by atoms with E-state index in [-0.39, 0.29) is 5.91 Å². The molecule has 0 fully saturated rings. The van der Waals surface area contributed by atoms with Crippen molar-refractivity contribution in [2.24, 2.45) is 0 Å². The molecule has 0 saturated carbocycles. The van der Waals surface area contributed by atoms with Crippen molar-refractivity contribution < 1.29 is 9.53 Å². The second-order valence-electron chi connectivity index (χ2n) is 7.67. The molecule has 0 atom stereocenters. The van der Waals surface area contributed by atoms with Crippen molar-refractivity contribution in [2.45, 2.75) is 20.3 Å². The molecule has 5 nitrogen and oxygen atoms in total. The molecule has 0 aliphatic carbocycles. The lowest BCUT2D eigenvalue weighted by Gasteiger charge is -2.07. The van der Waals surface area contributed by atoms with Crippen molar-refractivity contribution in [1.82, 2.24) is 15.1 Å². The van der Waals surface area contributed by atoms with Crippen molar-refractivity contribution >= 4 is 29.1 Å². The zero-order valence-corrected chi connectivity index (χ0v) is 19.8. The van der Waals surface area contributed by atoms with Crippen molar-refractivity contribution in [3.63, 3.8) is 0 Å². The molecule has 4 rings (SSSR count). The van der Waals surface area contributed by atoms with E-state index >= 15 is 0 Å². The smallest absolute Gasteiger partial charge is 0.251 e. The van der Waals surface area contributed by atoms with Gasteiger partial charge in [-0.05, 0) is 61.4 Å². The molecule has 0 unspecified atom stereocenters. The van der Waals surface area contributed by atoms with Crippen LogP contribution in [0.5, 0.6) is 11.6 Å². The minimum Gasteiger partial charge on any atom is -0.437 e. The molecule has 7 heteroatoms. The molecule has 0 aliphatic heterocycles. The van der Waals surface area contributed by atoms with Gasteiger partial charge in [-0.15, -0.1) is 5.10 Å². The molecule has 0 bridgehead atoms. The fourth-order valence-corrected chi connectivity index (χ4v) is 3.81. The summed E-state index contributed by atoms with van der Waals surface area (Å²) < 4.78 is 7.83. The van der Waals surface area contributed by atoms with Crippen LogP contribution in [0.15, 0.2) is 72.9 Å². The SMILES string of the molecule is CCCNC(=O)c1ccc(Oc2nn(-c3cc(Cl)cc(Cl)c3)cc2-c2ccc(C)cc2)cc1. The summed E-state index contributed by atoms with van der Waals surface area (Å²) in [6.45, 7) is 4.69. The Hall–Kier alpha value is -3.28. The summed E-state index contributed by atoms with van der Waals surface area (Å²) in [5.41, 5.74) is 4.24. The summed E-state index contributed by atoms with van der Waals surface area (Å²) in [5.74, 6) is 0.897. The topological polar surface area (TPSA) is 56.1 Å². The number of amides is 1. The van der Waals surface area contributed by atoms with Crippen molar-refractivity contribution in [3.05, 3.63) is 94.1 Å². The van der Waals surface area contributed by atoms with E-state index in [9.17, 15) is 4.79 Å². The minimum atomic E-state index is -0.106. The average Bonchev–Trinajstić information content (AvgIpc) is 3.21. The molecule has 3 aromatic carbocycles. The van der Waals surface area contributed by atoms with Gasteiger partial charge >= 0.3 is 0 Å². The number of hydrogen-bond donors (Lipinski definition) is 1. The van der Waals surface area contributed by atoms with Crippen LogP contribution in [0, 0.1) is 6.92 Å². The zero-order valence-electron chi connectivity index (χ0n) is 18.3. The maximum absolute atomic E-state index is 12.2. The molecule has 0 saturated heterocycles. The van der Waals surface area contributed by atoms with Crippen LogP contribution in [0.4, 0.5) is 0 Å². The Balaban J connectivity index is 1.68. The number of aryl methyl sites for hydroxylation is 1. The van der Waals surface area contributed by atoms with Gasteiger partial charge in [-0.25, -0.2) is 4.68 Å². The van der Waals surface area contributed by atoms with Gasteiger partial charge in [0, 0.05) is 28.4 Å². The van der Waals surface area contributed by atoms with Gasteiger partial charge in [0.25, 0.3) is 5.91 Å². The molecule has 168 valence electrons. The number of rotatable bonds is 7. The molecule has 1 heterocycles. The van der Waals surface area contributed by atoms with Crippen LogP contribution in [0.2, 0.25) is 10.0 Å². The lowest BCUT2D eigenvalue weighted by molar-refractivity contribution is 0.0953. The lowest BCUT2D eigenvalue weighted by atomic mass is 10.1. The van der Waals surface area contributed by atoms with Gasteiger partial charge in [0.1, 0.15) is 5.75 Å². The molecule has 4 aromatic rings. The number of benzene rings is 3. The Kier molecular flexibility index (Phi) is 7.02. The molecular weight excluding hydrogens is 457 g/mol. The summed E-state index contributed by atoms with van der Waals surface area (Å²) in [6.07, 6.45) is 2.77. The number of carbonyl (C=O) groups excluding carboxylic acids is 1. The van der Waals surface area contributed by atoms with E-state index in [1.165, 1.54) is 0 Å². The highest BCUT2D eigenvalue weighted by Crippen LogP contribution is 2.34. The third-order valence-electron chi connectivity index (χ3n) is 5.02. The summed E-state index contributed by atoms with van der Waals surface area (Å²) in [4.78, 5) is 12.2. The van der Waals surface area contributed by atoms with Crippen LogP contribution >= 0.6 is 23.2 Å². The molecule has 1 amide bonds. The number of aromatic nitrogens is 2. The highest BCUT2D eigenvalue weighted by molar-refractivity contribution is 6.34. The zero-order chi connectivity index (χ0) is 23.4. The second-order valence-corrected chi connectivity index (χ2v) is 8.54. The van der Waals surface area contributed by atoms with Crippen molar-refractivity contribution in [3.8, 4) is 28.4 Å². The number of halogens is 2. The predicted molar refractivity (Wildman–Crippen MR) is 133 cm³/mol. The Bertz CT molecular complexity index is 1250. The Morgan fingerprint density at radius 2 is 1.67 bits per heavy atom. The quantitative estimate of drug-likeness (QED) is 0.307. The first kappa shape index (κ1) is 22.9. The van der Waals surface area contributed by atoms with Crippen LogP contribution in [0.1, 0.15) is 29.3 Å². The van der Waals surface area contributed by atoms with Gasteiger partial charge in [-0.1, -0.05) is 60.0 Å². The van der Waals surface area contributed by atoms with Gasteiger partial charge in [0.15, 0.2) is 0 Å². The molecule has 0 aliphatic rings. The fourth-order valence-electron chi connectivity index (χ4n) is 3.30. The van der Waals surface area contributed by atoms with Crippen LogP contribution < -0.4 is 10.1 Å². The summed E-state index contributed by atoms with van der Waals surface area (Å²) in [7, 11) is 0. The first-order valence-corrected chi connectivity index (χ1v) is 11.4. The largest absolute Gasteiger partial charge is 0.437 e. The number of ether oxygens (including phenoxy) is 1. The van der Waals surface area contributed by atoms with Crippen LogP contribution in [-0.2, 0) is 0 Å².